The van der Waals surface area contributed by atoms with Gasteiger partial charge in [-0.2, -0.15) is 0 Å². The predicted molar refractivity (Wildman–Crippen MR) is 436 cm³/mol. The SMILES string of the molecule is COCCOCCOCCOCCOCCOCCOCCOCCOCCOCCOCCOc1cc(CC2(Cc3cc(OCCOCCOC)cc(OCCOCCOC)c3)c3cc(Br)ccc3-c3ccc(Br)cc32)cc(OCCOCCOCCOCCOCCOCCOCCOCCOCCOCCOCCOC)c1. The second kappa shape index (κ2) is 72.8. The number of hydrogen-bond acceptors (Lipinski definition) is 30. The van der Waals surface area contributed by atoms with Crippen molar-refractivity contribution in [3.8, 4) is 34.1 Å². The topological polar surface area (TPSA) is 277 Å². The van der Waals surface area contributed by atoms with Crippen molar-refractivity contribution in [1.82, 2.24) is 0 Å². The van der Waals surface area contributed by atoms with Crippen molar-refractivity contribution < 1.29 is 142 Å². The number of benzene rings is 4. The van der Waals surface area contributed by atoms with Gasteiger partial charge in [0.2, 0.25) is 0 Å². The first-order valence-electron chi connectivity index (χ1n) is 39.9. The molecule has 0 aliphatic heterocycles. The molecule has 658 valence electrons. The highest BCUT2D eigenvalue weighted by atomic mass is 79.9. The van der Waals surface area contributed by atoms with Crippen LogP contribution in [0.15, 0.2) is 81.7 Å². The zero-order valence-electron chi connectivity index (χ0n) is 68.6. The van der Waals surface area contributed by atoms with E-state index in [1.165, 1.54) is 0 Å². The Hall–Kier alpha value is -4.00. The van der Waals surface area contributed by atoms with E-state index in [0.717, 1.165) is 42.3 Å². The standard InChI is InChI=1S/C83H132Br2O30/c1-86-9-13-90-17-19-94-21-23-96-25-27-98-29-31-100-33-35-102-37-39-104-41-43-106-45-47-108-49-51-110-55-59-114-77-63-72(64-78(68-77)115-60-56-111-52-50-109-48-46-107-44-42-105-40-38-103-36-34-101-32-30-99-28-26-97-24-22-95-20-18-91-14-10-87-2)70-83(81-65-73(84)5-7-79(81)80-8-6-74(85)66-82(80)83)69-71-61-75(112-57-53-92-15-11-88-3)67-76(62-71)113-58-54-93-16-12-89-4/h5-8,61-68H,9-60,69-70H2,1-4H3. The first-order valence-corrected chi connectivity index (χ1v) is 41.5. The van der Waals surface area contributed by atoms with E-state index in [2.05, 4.69) is 92.5 Å². The minimum atomic E-state index is -0.637. The summed E-state index contributed by atoms with van der Waals surface area (Å²) in [6.07, 6.45) is 1.11. The molecule has 0 bridgehead atoms. The summed E-state index contributed by atoms with van der Waals surface area (Å²) in [5, 5.41) is 0. The third-order valence-corrected chi connectivity index (χ3v) is 17.6. The average molecular weight is 1770 g/mol. The van der Waals surface area contributed by atoms with Crippen LogP contribution in [-0.2, 0) is 141 Å². The fourth-order valence-corrected chi connectivity index (χ4v) is 11.9. The molecule has 0 fully saturated rings. The van der Waals surface area contributed by atoms with Crippen LogP contribution in [0.2, 0.25) is 0 Å². The molecular formula is C83H132Br2O30. The van der Waals surface area contributed by atoms with Crippen molar-refractivity contribution in [3.05, 3.63) is 104 Å². The van der Waals surface area contributed by atoms with Crippen LogP contribution in [0.3, 0.4) is 0 Å². The van der Waals surface area contributed by atoms with E-state index in [1.54, 1.807) is 28.4 Å². The molecule has 1 aliphatic carbocycles. The van der Waals surface area contributed by atoms with Crippen LogP contribution in [-0.4, -0.2) is 372 Å². The lowest BCUT2D eigenvalue weighted by Gasteiger charge is -2.33. The molecule has 5 rings (SSSR count). The Balaban J connectivity index is 1.04. The van der Waals surface area contributed by atoms with Crippen molar-refractivity contribution in [1.29, 1.82) is 0 Å². The molecule has 4 aromatic rings. The lowest BCUT2D eigenvalue weighted by molar-refractivity contribution is -0.0273. The second-order valence-corrected chi connectivity index (χ2v) is 27.1. The molecular weight excluding hydrogens is 1640 g/mol. The highest BCUT2D eigenvalue weighted by molar-refractivity contribution is 9.10. The highest BCUT2D eigenvalue weighted by Crippen LogP contribution is 2.54. The van der Waals surface area contributed by atoms with Gasteiger partial charge in [0.15, 0.2) is 0 Å². The Morgan fingerprint density at radius 1 is 0.191 bits per heavy atom. The number of halogens is 2. The van der Waals surface area contributed by atoms with Gasteiger partial charge in [0.1, 0.15) is 49.4 Å². The maximum atomic E-state index is 6.52. The Morgan fingerprint density at radius 2 is 0.348 bits per heavy atom. The molecule has 0 atom stereocenters. The summed E-state index contributed by atoms with van der Waals surface area (Å²) < 4.78 is 172. The average Bonchev–Trinajstić information content (AvgIpc) is 1.56. The Morgan fingerprint density at radius 3 is 0.513 bits per heavy atom. The maximum absolute atomic E-state index is 6.52. The van der Waals surface area contributed by atoms with E-state index in [1.807, 2.05) is 12.1 Å². The normalized spacial score (nSPS) is 12.3. The molecule has 0 saturated heterocycles. The lowest BCUT2D eigenvalue weighted by atomic mass is 9.69. The van der Waals surface area contributed by atoms with E-state index in [0.29, 0.717) is 366 Å². The third-order valence-electron chi connectivity index (χ3n) is 16.6. The quantitative estimate of drug-likeness (QED) is 0.0375. The van der Waals surface area contributed by atoms with Crippen LogP contribution in [0.5, 0.6) is 23.0 Å². The first kappa shape index (κ1) is 102. The van der Waals surface area contributed by atoms with Gasteiger partial charge < -0.3 is 142 Å². The molecule has 0 unspecified atom stereocenters. The molecule has 30 nitrogen and oxygen atoms in total. The van der Waals surface area contributed by atoms with E-state index >= 15 is 0 Å². The van der Waals surface area contributed by atoms with Crippen LogP contribution in [0.25, 0.3) is 11.1 Å². The van der Waals surface area contributed by atoms with Gasteiger partial charge in [0, 0.05) is 54.9 Å². The smallest absolute Gasteiger partial charge is 0.123 e. The summed E-state index contributed by atoms with van der Waals surface area (Å²) >= 11 is 7.74. The number of rotatable bonds is 86. The predicted octanol–water partition coefficient (Wildman–Crippen LogP) is 8.43. The van der Waals surface area contributed by atoms with Gasteiger partial charge in [-0.05, 0) is 94.8 Å². The van der Waals surface area contributed by atoms with E-state index in [4.69, 9.17) is 142 Å². The van der Waals surface area contributed by atoms with Crippen LogP contribution in [0, 0.1) is 0 Å². The van der Waals surface area contributed by atoms with E-state index in [-0.39, 0.29) is 13.2 Å². The van der Waals surface area contributed by atoms with Gasteiger partial charge in [-0.15, -0.1) is 0 Å². The molecule has 0 heterocycles. The summed E-state index contributed by atoms with van der Waals surface area (Å²) in [5.74, 6) is 2.57. The molecule has 1 aliphatic rings. The molecule has 32 heteroatoms. The summed E-state index contributed by atoms with van der Waals surface area (Å²) in [6, 6.07) is 25.3. The largest absolute Gasteiger partial charge is 0.491 e. The van der Waals surface area contributed by atoms with Gasteiger partial charge in [-0.25, -0.2) is 0 Å². The van der Waals surface area contributed by atoms with Gasteiger partial charge in [-0.1, -0.05) is 44.0 Å². The number of methoxy groups -OCH3 is 4. The van der Waals surface area contributed by atoms with Gasteiger partial charge >= 0.3 is 0 Å². The first-order chi connectivity index (χ1) is 56.9. The number of fused-ring (bicyclic) bond motifs is 3. The number of ether oxygens (including phenoxy) is 30. The van der Waals surface area contributed by atoms with Crippen molar-refractivity contribution in [2.75, 3.05) is 372 Å². The van der Waals surface area contributed by atoms with Crippen molar-refractivity contribution in [2.24, 2.45) is 0 Å². The zero-order valence-corrected chi connectivity index (χ0v) is 71.8. The molecule has 0 N–H and O–H groups in total. The molecule has 0 spiro atoms. The molecule has 0 aromatic heterocycles. The number of hydrogen-bond donors (Lipinski definition) is 0. The minimum Gasteiger partial charge on any atom is -0.491 e. The van der Waals surface area contributed by atoms with Crippen molar-refractivity contribution in [3.63, 3.8) is 0 Å². The summed E-state index contributed by atoms with van der Waals surface area (Å²) in [4.78, 5) is 0. The minimum absolute atomic E-state index is 0.280. The molecule has 0 radical (unpaired) electrons. The Labute approximate surface area is 698 Å². The zero-order chi connectivity index (χ0) is 81.3. The van der Waals surface area contributed by atoms with Crippen LogP contribution in [0.4, 0.5) is 0 Å². The van der Waals surface area contributed by atoms with Gasteiger partial charge in [0.05, 0.1) is 317 Å². The van der Waals surface area contributed by atoms with Crippen molar-refractivity contribution in [2.45, 2.75) is 18.3 Å². The monoisotopic (exact) mass is 1770 g/mol. The van der Waals surface area contributed by atoms with Gasteiger partial charge in [-0.3, -0.25) is 0 Å². The van der Waals surface area contributed by atoms with Crippen LogP contribution < -0.4 is 18.9 Å². The van der Waals surface area contributed by atoms with E-state index in [9.17, 15) is 0 Å². The third kappa shape index (κ3) is 51.4. The van der Waals surface area contributed by atoms with Crippen LogP contribution >= 0.6 is 31.9 Å². The molecule has 4 aromatic carbocycles. The van der Waals surface area contributed by atoms with Crippen LogP contribution in [0.1, 0.15) is 22.3 Å². The molecule has 0 saturated carbocycles. The summed E-state index contributed by atoms with van der Waals surface area (Å²) in [5.41, 5.74) is 5.97. The maximum Gasteiger partial charge on any atom is 0.123 e. The highest BCUT2D eigenvalue weighted by Gasteiger charge is 2.44. The fourth-order valence-electron chi connectivity index (χ4n) is 11.2. The Kier molecular flexibility index (Phi) is 64.3. The van der Waals surface area contributed by atoms with Crippen molar-refractivity contribution >= 4 is 31.9 Å². The van der Waals surface area contributed by atoms with E-state index < -0.39 is 5.41 Å². The lowest BCUT2D eigenvalue weighted by Crippen LogP contribution is -2.31. The fraction of sp³-hybridized carbons (Fsp3) is 0.711. The molecule has 115 heavy (non-hydrogen) atoms. The second-order valence-electron chi connectivity index (χ2n) is 25.3. The molecule has 0 amide bonds. The Bertz CT molecular complexity index is 2720. The summed E-state index contributed by atoms with van der Waals surface area (Å²) in [7, 11) is 6.59. The van der Waals surface area contributed by atoms with Gasteiger partial charge in [0.25, 0.3) is 0 Å². The summed E-state index contributed by atoms with van der Waals surface area (Å²) in [6.45, 7) is 23.6.